The van der Waals surface area contributed by atoms with Crippen molar-refractivity contribution in [2.75, 3.05) is 37.9 Å². The second-order valence-electron chi connectivity index (χ2n) is 7.77. The highest BCUT2D eigenvalue weighted by Gasteiger charge is 2.23. The molecule has 0 aliphatic carbocycles. The van der Waals surface area contributed by atoms with Crippen LogP contribution in [0.2, 0.25) is 0 Å². The van der Waals surface area contributed by atoms with Gasteiger partial charge in [-0.2, -0.15) is 11.8 Å². The lowest BCUT2D eigenvalue weighted by atomic mass is 10.1. The van der Waals surface area contributed by atoms with Crippen molar-refractivity contribution in [1.82, 2.24) is 5.32 Å². The van der Waals surface area contributed by atoms with E-state index in [0.717, 1.165) is 15.8 Å². The second-order valence-corrected chi connectivity index (χ2v) is 10.8. The van der Waals surface area contributed by atoms with Gasteiger partial charge >= 0.3 is 0 Å². The number of nitrogens with one attached hydrogen (secondary N) is 1. The molecule has 3 aromatic rings. The molecule has 0 heterocycles. The van der Waals surface area contributed by atoms with E-state index in [-0.39, 0.29) is 10.8 Å². The average molecular weight is 515 g/mol. The van der Waals surface area contributed by atoms with Gasteiger partial charge in [0.05, 0.1) is 24.8 Å². The molecule has 0 aromatic heterocycles. The molecule has 0 aliphatic heterocycles. The molecule has 3 rings (SSSR count). The van der Waals surface area contributed by atoms with Gasteiger partial charge in [0.1, 0.15) is 0 Å². The molecule has 7 nitrogen and oxygen atoms in total. The molecule has 0 atom stereocenters. The van der Waals surface area contributed by atoms with Gasteiger partial charge in [-0.1, -0.05) is 24.3 Å². The van der Waals surface area contributed by atoms with Crippen LogP contribution in [0, 0.1) is 6.92 Å². The fourth-order valence-electron chi connectivity index (χ4n) is 3.39. The Labute approximate surface area is 211 Å². The van der Waals surface area contributed by atoms with Crippen molar-refractivity contribution in [2.45, 2.75) is 17.6 Å². The highest BCUT2D eigenvalue weighted by Crippen LogP contribution is 2.31. The molecule has 0 bridgehead atoms. The van der Waals surface area contributed by atoms with E-state index in [1.165, 1.54) is 44.5 Å². The zero-order valence-corrected chi connectivity index (χ0v) is 21.9. The van der Waals surface area contributed by atoms with Crippen molar-refractivity contribution in [3.63, 3.8) is 0 Å². The first-order chi connectivity index (χ1) is 16.8. The lowest BCUT2D eigenvalue weighted by Crippen LogP contribution is -2.27. The number of carbonyl (C=O) groups is 1. The summed E-state index contributed by atoms with van der Waals surface area (Å²) in [6.07, 6.45) is 0. The minimum absolute atomic E-state index is 0.0719. The van der Waals surface area contributed by atoms with Crippen LogP contribution < -0.4 is 19.1 Å². The molecule has 0 radical (unpaired) electrons. The number of aryl methyl sites for hydroxylation is 1. The number of ether oxygens (including phenoxy) is 2. The topological polar surface area (TPSA) is 84.9 Å². The van der Waals surface area contributed by atoms with Gasteiger partial charge in [-0.05, 0) is 54.4 Å². The van der Waals surface area contributed by atoms with E-state index in [9.17, 15) is 13.2 Å². The first kappa shape index (κ1) is 26.4. The third-order valence-electron chi connectivity index (χ3n) is 5.56. The SMILES string of the molecule is COc1ccc(S(=O)(=O)N(C)c2ccc(C(=O)NCCSCc3ccccc3C)cc2)cc1OC. The Hall–Kier alpha value is -3.17. The number of thioether (sulfide) groups is 1. The maximum absolute atomic E-state index is 13.1. The van der Waals surface area contributed by atoms with Gasteiger partial charge in [-0.3, -0.25) is 9.10 Å². The minimum atomic E-state index is -3.83. The molecule has 9 heteroatoms. The number of methoxy groups -OCH3 is 2. The molecule has 1 amide bonds. The number of rotatable bonds is 11. The van der Waals surface area contributed by atoms with Crippen LogP contribution in [0.3, 0.4) is 0 Å². The van der Waals surface area contributed by atoms with Crippen molar-refractivity contribution in [3.8, 4) is 11.5 Å². The Kier molecular flexibility index (Phi) is 9.06. The Morgan fingerprint density at radius 2 is 1.66 bits per heavy atom. The van der Waals surface area contributed by atoms with Crippen molar-refractivity contribution in [1.29, 1.82) is 0 Å². The number of benzene rings is 3. The number of hydrogen-bond donors (Lipinski definition) is 1. The van der Waals surface area contributed by atoms with Gasteiger partial charge in [0.2, 0.25) is 0 Å². The molecule has 0 aliphatic rings. The number of anilines is 1. The maximum Gasteiger partial charge on any atom is 0.264 e. The first-order valence-electron chi connectivity index (χ1n) is 11.0. The Morgan fingerprint density at radius 3 is 2.31 bits per heavy atom. The molecule has 0 unspecified atom stereocenters. The number of carbonyl (C=O) groups excluding carboxylic acids is 1. The van der Waals surface area contributed by atoms with Crippen LogP contribution in [0.25, 0.3) is 0 Å². The van der Waals surface area contributed by atoms with Crippen molar-refractivity contribution in [2.24, 2.45) is 0 Å². The van der Waals surface area contributed by atoms with Crippen LogP contribution in [0.1, 0.15) is 21.5 Å². The number of amides is 1. The fourth-order valence-corrected chi connectivity index (χ4v) is 5.54. The molecule has 0 spiro atoms. The normalized spacial score (nSPS) is 11.1. The maximum atomic E-state index is 13.1. The van der Waals surface area contributed by atoms with E-state index in [1.54, 1.807) is 42.1 Å². The van der Waals surface area contributed by atoms with Crippen molar-refractivity contribution >= 4 is 33.4 Å². The highest BCUT2D eigenvalue weighted by atomic mass is 32.2. The number of hydrogen-bond acceptors (Lipinski definition) is 6. The standard InChI is InChI=1S/C26H30N2O5S2/c1-19-7-5-6-8-21(19)18-34-16-15-27-26(29)20-9-11-22(12-10-20)28(2)35(30,31)23-13-14-24(32-3)25(17-23)33-4/h5-14,17H,15-16,18H2,1-4H3,(H,27,29). The van der Waals surface area contributed by atoms with E-state index in [2.05, 4.69) is 24.4 Å². The molecule has 0 saturated carbocycles. The quantitative estimate of drug-likeness (QED) is 0.379. The van der Waals surface area contributed by atoms with E-state index in [1.807, 2.05) is 12.1 Å². The van der Waals surface area contributed by atoms with E-state index < -0.39 is 10.0 Å². The summed E-state index contributed by atoms with van der Waals surface area (Å²) in [6, 6.07) is 19.2. The summed E-state index contributed by atoms with van der Waals surface area (Å²) >= 11 is 1.76. The molecular weight excluding hydrogens is 484 g/mol. The average Bonchev–Trinajstić information content (AvgIpc) is 2.88. The van der Waals surface area contributed by atoms with Crippen LogP contribution in [0.15, 0.2) is 71.6 Å². The fraction of sp³-hybridized carbons (Fsp3) is 0.269. The molecule has 1 N–H and O–H groups in total. The third kappa shape index (κ3) is 6.49. The highest BCUT2D eigenvalue weighted by molar-refractivity contribution is 7.98. The minimum Gasteiger partial charge on any atom is -0.493 e. The van der Waals surface area contributed by atoms with Gasteiger partial charge in [0.15, 0.2) is 11.5 Å². The van der Waals surface area contributed by atoms with Crippen LogP contribution in [-0.4, -0.2) is 47.9 Å². The zero-order chi connectivity index (χ0) is 25.4. The summed E-state index contributed by atoms with van der Waals surface area (Å²) < 4.78 is 37.8. The summed E-state index contributed by atoms with van der Waals surface area (Å²) in [4.78, 5) is 12.6. The largest absolute Gasteiger partial charge is 0.493 e. The lowest BCUT2D eigenvalue weighted by Gasteiger charge is -2.20. The summed E-state index contributed by atoms with van der Waals surface area (Å²) in [7, 11) is 0.566. The molecule has 35 heavy (non-hydrogen) atoms. The van der Waals surface area contributed by atoms with E-state index >= 15 is 0 Å². The monoisotopic (exact) mass is 514 g/mol. The van der Waals surface area contributed by atoms with Gasteiger partial charge < -0.3 is 14.8 Å². The van der Waals surface area contributed by atoms with Gasteiger partial charge in [-0.25, -0.2) is 8.42 Å². The van der Waals surface area contributed by atoms with Crippen LogP contribution in [0.5, 0.6) is 11.5 Å². The van der Waals surface area contributed by atoms with Gasteiger partial charge in [0, 0.05) is 36.7 Å². The zero-order valence-electron chi connectivity index (χ0n) is 20.3. The summed E-state index contributed by atoms with van der Waals surface area (Å²) in [5, 5.41) is 2.91. The molecule has 0 saturated heterocycles. The Balaban J connectivity index is 1.57. The lowest BCUT2D eigenvalue weighted by molar-refractivity contribution is 0.0956. The third-order valence-corrected chi connectivity index (χ3v) is 8.35. The second kappa shape index (κ2) is 12.0. The number of nitrogens with zero attached hydrogens (tertiary/aromatic N) is 1. The molecule has 186 valence electrons. The van der Waals surface area contributed by atoms with Crippen molar-refractivity contribution < 1.29 is 22.7 Å². The van der Waals surface area contributed by atoms with E-state index in [0.29, 0.717) is 29.3 Å². The van der Waals surface area contributed by atoms with Crippen LogP contribution in [0.4, 0.5) is 5.69 Å². The summed E-state index contributed by atoms with van der Waals surface area (Å²) in [5.41, 5.74) is 3.47. The predicted molar refractivity (Wildman–Crippen MR) is 141 cm³/mol. The molecule has 3 aromatic carbocycles. The summed E-state index contributed by atoms with van der Waals surface area (Å²) in [6.45, 7) is 2.64. The summed E-state index contributed by atoms with van der Waals surface area (Å²) in [5.74, 6) is 2.27. The first-order valence-corrected chi connectivity index (χ1v) is 13.6. The Morgan fingerprint density at radius 1 is 0.971 bits per heavy atom. The van der Waals surface area contributed by atoms with Gasteiger partial charge in [0.25, 0.3) is 15.9 Å². The van der Waals surface area contributed by atoms with Crippen LogP contribution in [-0.2, 0) is 15.8 Å². The van der Waals surface area contributed by atoms with Crippen LogP contribution >= 0.6 is 11.8 Å². The Bertz CT molecular complexity index is 1260. The predicted octanol–water partition coefficient (Wildman–Crippen LogP) is 4.50. The van der Waals surface area contributed by atoms with Crippen molar-refractivity contribution in [3.05, 3.63) is 83.4 Å². The molecule has 0 fully saturated rings. The van der Waals surface area contributed by atoms with E-state index in [4.69, 9.17) is 9.47 Å². The van der Waals surface area contributed by atoms with Gasteiger partial charge in [-0.15, -0.1) is 0 Å². The smallest absolute Gasteiger partial charge is 0.264 e. The molecular formula is C26H30N2O5S2. The number of sulfonamides is 1.